The van der Waals surface area contributed by atoms with Gasteiger partial charge in [0.05, 0.1) is 12.2 Å². The first-order valence-electron chi connectivity index (χ1n) is 8.50. The molecule has 0 aliphatic carbocycles. The van der Waals surface area contributed by atoms with Crippen molar-refractivity contribution in [3.63, 3.8) is 0 Å². The molecule has 0 unspecified atom stereocenters. The van der Waals surface area contributed by atoms with Gasteiger partial charge in [-0.05, 0) is 19.1 Å². The second-order valence-electron chi connectivity index (χ2n) is 6.27. The minimum Gasteiger partial charge on any atom is -0.335 e. The van der Waals surface area contributed by atoms with Crippen LogP contribution in [0.1, 0.15) is 16.2 Å². The van der Waals surface area contributed by atoms with Gasteiger partial charge in [0.1, 0.15) is 24.0 Å². The molecular weight excluding hydrogens is 318 g/mol. The van der Waals surface area contributed by atoms with E-state index in [1.807, 2.05) is 45.3 Å². The number of nitrogens with zero attached hydrogens (tertiary/aromatic N) is 7. The summed E-state index contributed by atoms with van der Waals surface area (Å²) in [5.41, 5.74) is 2.27. The average molecular weight is 339 g/mol. The Morgan fingerprint density at radius 2 is 2.00 bits per heavy atom. The molecule has 8 heteroatoms. The Kier molecular flexibility index (Phi) is 4.19. The molecular formula is C17H21N7O. The molecule has 0 radical (unpaired) electrons. The molecule has 1 fully saturated rings. The van der Waals surface area contributed by atoms with Crippen LogP contribution < -0.4 is 0 Å². The normalized spacial score (nSPS) is 15.8. The van der Waals surface area contributed by atoms with Gasteiger partial charge in [0.2, 0.25) is 0 Å². The summed E-state index contributed by atoms with van der Waals surface area (Å²) >= 11 is 0. The third-order valence-corrected chi connectivity index (χ3v) is 4.74. The van der Waals surface area contributed by atoms with Crippen molar-refractivity contribution in [3.8, 4) is 0 Å². The Labute approximate surface area is 145 Å². The van der Waals surface area contributed by atoms with Crippen molar-refractivity contribution in [1.29, 1.82) is 0 Å². The predicted molar refractivity (Wildman–Crippen MR) is 92.3 cm³/mol. The summed E-state index contributed by atoms with van der Waals surface area (Å²) in [6.45, 7) is 6.87. The van der Waals surface area contributed by atoms with Crippen LogP contribution >= 0.6 is 0 Å². The van der Waals surface area contributed by atoms with Gasteiger partial charge in [0.15, 0.2) is 0 Å². The summed E-state index contributed by atoms with van der Waals surface area (Å²) in [7, 11) is 0. The zero-order valence-corrected chi connectivity index (χ0v) is 14.2. The Morgan fingerprint density at radius 1 is 1.16 bits per heavy atom. The van der Waals surface area contributed by atoms with Crippen molar-refractivity contribution in [1.82, 2.24) is 33.9 Å². The van der Waals surface area contributed by atoms with E-state index in [-0.39, 0.29) is 5.91 Å². The number of piperazine rings is 1. The van der Waals surface area contributed by atoms with Crippen LogP contribution in [0, 0.1) is 6.92 Å². The fourth-order valence-corrected chi connectivity index (χ4v) is 3.24. The molecule has 130 valence electrons. The van der Waals surface area contributed by atoms with E-state index >= 15 is 0 Å². The zero-order chi connectivity index (χ0) is 17.2. The number of carbonyl (C=O) groups excluding carboxylic acids is 1. The van der Waals surface area contributed by atoms with E-state index in [9.17, 15) is 4.79 Å². The standard InChI is InChI=1S/C17H21N7O/c1-14-16(20-15-4-2-3-5-24(14)15)17(25)22-9-6-21(7-10-22)8-11-23-13-18-12-19-23/h2-5,12-13H,6-11H2,1H3. The lowest BCUT2D eigenvalue weighted by atomic mass is 10.2. The highest BCUT2D eigenvalue weighted by molar-refractivity contribution is 5.94. The maximum atomic E-state index is 12.9. The molecule has 3 aromatic rings. The van der Waals surface area contributed by atoms with E-state index in [4.69, 9.17) is 0 Å². The van der Waals surface area contributed by atoms with Crippen LogP contribution in [0.5, 0.6) is 0 Å². The summed E-state index contributed by atoms with van der Waals surface area (Å²) in [5.74, 6) is 0.0251. The number of pyridine rings is 1. The van der Waals surface area contributed by atoms with Crippen molar-refractivity contribution in [2.45, 2.75) is 13.5 Å². The number of fused-ring (bicyclic) bond motifs is 1. The van der Waals surface area contributed by atoms with Gasteiger partial charge < -0.3 is 9.30 Å². The quantitative estimate of drug-likeness (QED) is 0.699. The molecule has 0 spiro atoms. The summed E-state index contributed by atoms with van der Waals surface area (Å²) in [6.07, 6.45) is 5.22. The first kappa shape index (κ1) is 15.8. The summed E-state index contributed by atoms with van der Waals surface area (Å²) in [5, 5.41) is 4.12. The van der Waals surface area contributed by atoms with Crippen LogP contribution in [0.4, 0.5) is 0 Å². The van der Waals surface area contributed by atoms with Crippen LogP contribution in [0.2, 0.25) is 0 Å². The molecule has 0 bridgehead atoms. The average Bonchev–Trinajstić information content (AvgIpc) is 3.28. The van der Waals surface area contributed by atoms with E-state index in [0.717, 1.165) is 50.6 Å². The first-order valence-corrected chi connectivity index (χ1v) is 8.50. The van der Waals surface area contributed by atoms with Gasteiger partial charge in [-0.25, -0.2) is 9.97 Å². The predicted octanol–water partition coefficient (Wildman–Crippen LogP) is 0.692. The molecule has 8 nitrogen and oxygen atoms in total. The smallest absolute Gasteiger partial charge is 0.274 e. The number of carbonyl (C=O) groups is 1. The number of hydrogen-bond acceptors (Lipinski definition) is 5. The molecule has 25 heavy (non-hydrogen) atoms. The van der Waals surface area contributed by atoms with Crippen molar-refractivity contribution >= 4 is 11.6 Å². The number of rotatable bonds is 4. The second-order valence-corrected chi connectivity index (χ2v) is 6.27. The van der Waals surface area contributed by atoms with Gasteiger partial charge in [-0.2, -0.15) is 5.10 Å². The lowest BCUT2D eigenvalue weighted by molar-refractivity contribution is 0.0626. The van der Waals surface area contributed by atoms with E-state index < -0.39 is 0 Å². The van der Waals surface area contributed by atoms with Crippen LogP contribution in [0.25, 0.3) is 5.65 Å². The number of imidazole rings is 1. The van der Waals surface area contributed by atoms with Crippen molar-refractivity contribution in [2.75, 3.05) is 32.7 Å². The largest absolute Gasteiger partial charge is 0.335 e. The van der Waals surface area contributed by atoms with Gasteiger partial charge in [-0.1, -0.05) is 6.07 Å². The zero-order valence-electron chi connectivity index (χ0n) is 14.2. The Hall–Kier alpha value is -2.74. The maximum Gasteiger partial charge on any atom is 0.274 e. The van der Waals surface area contributed by atoms with Crippen LogP contribution in [0.3, 0.4) is 0 Å². The highest BCUT2D eigenvalue weighted by Gasteiger charge is 2.25. The highest BCUT2D eigenvalue weighted by Crippen LogP contribution is 2.15. The van der Waals surface area contributed by atoms with Crippen LogP contribution in [0.15, 0.2) is 37.1 Å². The molecule has 3 aromatic heterocycles. The molecule has 0 aromatic carbocycles. The van der Waals surface area contributed by atoms with Gasteiger partial charge >= 0.3 is 0 Å². The molecule has 1 aliphatic heterocycles. The highest BCUT2D eigenvalue weighted by atomic mass is 16.2. The third kappa shape index (κ3) is 3.12. The molecule has 1 amide bonds. The fraction of sp³-hybridized carbons (Fsp3) is 0.412. The molecule has 4 rings (SSSR count). The number of aryl methyl sites for hydroxylation is 1. The fourth-order valence-electron chi connectivity index (χ4n) is 3.24. The first-order chi connectivity index (χ1) is 12.2. The third-order valence-electron chi connectivity index (χ3n) is 4.74. The summed E-state index contributed by atoms with van der Waals surface area (Å²) < 4.78 is 3.79. The van der Waals surface area contributed by atoms with Gasteiger partial charge in [-0.15, -0.1) is 0 Å². The van der Waals surface area contributed by atoms with E-state index in [1.165, 1.54) is 0 Å². The molecule has 1 aliphatic rings. The number of hydrogen-bond donors (Lipinski definition) is 0. The molecule has 0 N–H and O–H groups in total. The van der Waals surface area contributed by atoms with E-state index in [2.05, 4.69) is 20.0 Å². The Morgan fingerprint density at radius 3 is 2.72 bits per heavy atom. The molecule has 0 atom stereocenters. The second kappa shape index (κ2) is 6.64. The van der Waals surface area contributed by atoms with Gasteiger partial charge in [0.25, 0.3) is 5.91 Å². The van der Waals surface area contributed by atoms with E-state index in [1.54, 1.807) is 12.7 Å². The maximum absolute atomic E-state index is 12.9. The molecule has 0 saturated carbocycles. The topological polar surface area (TPSA) is 71.6 Å². The van der Waals surface area contributed by atoms with E-state index in [0.29, 0.717) is 5.69 Å². The van der Waals surface area contributed by atoms with Crippen molar-refractivity contribution < 1.29 is 4.79 Å². The lowest BCUT2D eigenvalue weighted by Gasteiger charge is -2.34. The molecule has 1 saturated heterocycles. The Balaban J connectivity index is 1.38. The number of aromatic nitrogens is 5. The monoisotopic (exact) mass is 339 g/mol. The van der Waals surface area contributed by atoms with Crippen molar-refractivity contribution in [3.05, 3.63) is 48.4 Å². The lowest BCUT2D eigenvalue weighted by Crippen LogP contribution is -2.49. The SMILES string of the molecule is Cc1c(C(=O)N2CCN(CCn3cncn3)CC2)nc2ccccn12. The van der Waals surface area contributed by atoms with Crippen molar-refractivity contribution in [2.24, 2.45) is 0 Å². The van der Waals surface area contributed by atoms with Gasteiger partial charge in [-0.3, -0.25) is 14.4 Å². The van der Waals surface area contributed by atoms with Crippen LogP contribution in [-0.2, 0) is 6.54 Å². The Bertz CT molecular complexity index is 862. The van der Waals surface area contributed by atoms with Gasteiger partial charge in [0, 0.05) is 38.9 Å². The van der Waals surface area contributed by atoms with Crippen LogP contribution in [-0.4, -0.2) is 72.6 Å². The minimum atomic E-state index is 0.0251. The molecule has 4 heterocycles. The number of amides is 1. The summed E-state index contributed by atoms with van der Waals surface area (Å²) in [6, 6.07) is 5.81. The summed E-state index contributed by atoms with van der Waals surface area (Å²) in [4.78, 5) is 25.6. The minimum absolute atomic E-state index is 0.0251.